The largest absolute Gasteiger partial charge is 0.475 e. The summed E-state index contributed by atoms with van der Waals surface area (Å²) in [5, 5.41) is 9.34. The van der Waals surface area contributed by atoms with Crippen molar-refractivity contribution in [3.63, 3.8) is 0 Å². The van der Waals surface area contributed by atoms with Gasteiger partial charge in [-0.3, -0.25) is 0 Å². The maximum absolute atomic E-state index is 13.4. The number of alkyl halides is 3. The van der Waals surface area contributed by atoms with E-state index < -0.39 is 28.9 Å². The van der Waals surface area contributed by atoms with E-state index in [1.807, 2.05) is 0 Å². The molecule has 1 unspecified atom stereocenters. The van der Waals surface area contributed by atoms with Crippen LogP contribution in [0.4, 0.5) is 13.2 Å². The topological polar surface area (TPSA) is 87.9 Å². The monoisotopic (exact) mass is 441 g/mol. The molecule has 1 aromatic carbocycles. The molecule has 0 fully saturated rings. The normalized spacial score (nSPS) is 15.9. The minimum absolute atomic E-state index is 0.00428. The number of benzene rings is 1. The minimum atomic E-state index is -4.82. The van der Waals surface area contributed by atoms with Crippen LogP contribution in [0.15, 0.2) is 17.7 Å². The quantitative estimate of drug-likeness (QED) is 0.262. The third-order valence-electron chi connectivity index (χ3n) is 3.52. The number of carbonyl (C=O) groups excluding carboxylic acids is 1. The first kappa shape index (κ1) is 22.2. The van der Waals surface area contributed by atoms with E-state index in [-0.39, 0.29) is 36.0 Å². The molecule has 0 bridgehead atoms. The van der Waals surface area contributed by atoms with Gasteiger partial charge in [0.05, 0.1) is 5.57 Å². The predicted octanol–water partition coefficient (Wildman–Crippen LogP) is 3.84. The number of esters is 1. The van der Waals surface area contributed by atoms with Crippen molar-refractivity contribution < 1.29 is 37.4 Å². The van der Waals surface area contributed by atoms with Crippen LogP contribution in [0.25, 0.3) is 6.08 Å². The van der Waals surface area contributed by atoms with Gasteiger partial charge in [0.15, 0.2) is 0 Å². The number of ether oxygens (including phenoxy) is 2. The molecule has 1 aromatic rings. The summed E-state index contributed by atoms with van der Waals surface area (Å²) >= 11 is 7.11. The number of nitrogens with zero attached hydrogens (tertiary/aromatic N) is 1. The number of carbonyl (C=O) groups is 1. The second-order valence-corrected chi connectivity index (χ2v) is 7.25. The van der Waals surface area contributed by atoms with Gasteiger partial charge in [-0.05, 0) is 30.7 Å². The number of aryl methyl sites for hydroxylation is 1. The smallest absolute Gasteiger partial charge is 0.430 e. The molecule has 1 heterocycles. The standard InChI is InChI=1S/C16H15ClF3NO6S/c1-9-6-11(17)7-10-8-12(14(16(18,19)20)27-13(9)10)15(22)25-2-4-28-5-3-26-21(23)24/h6-8,14H,2-5H2,1H3. The van der Waals surface area contributed by atoms with Crippen molar-refractivity contribution in [1.82, 2.24) is 0 Å². The first-order valence-electron chi connectivity index (χ1n) is 7.87. The fourth-order valence-electron chi connectivity index (χ4n) is 2.41. The number of fused-ring (bicyclic) bond motifs is 1. The van der Waals surface area contributed by atoms with Crippen LogP contribution in [0.5, 0.6) is 5.75 Å². The van der Waals surface area contributed by atoms with Gasteiger partial charge >= 0.3 is 12.1 Å². The van der Waals surface area contributed by atoms with E-state index in [1.165, 1.54) is 23.9 Å². The van der Waals surface area contributed by atoms with Crippen LogP contribution in [0.3, 0.4) is 0 Å². The van der Waals surface area contributed by atoms with Crippen LogP contribution < -0.4 is 4.74 Å². The molecule has 7 nitrogen and oxygen atoms in total. The van der Waals surface area contributed by atoms with Gasteiger partial charge in [0, 0.05) is 22.1 Å². The lowest BCUT2D eigenvalue weighted by molar-refractivity contribution is -0.756. The second kappa shape index (κ2) is 9.37. The highest BCUT2D eigenvalue weighted by molar-refractivity contribution is 7.99. The van der Waals surface area contributed by atoms with E-state index in [4.69, 9.17) is 21.1 Å². The van der Waals surface area contributed by atoms with Crippen LogP contribution in [0.2, 0.25) is 5.02 Å². The molecule has 1 aliphatic heterocycles. The minimum Gasteiger partial charge on any atom is -0.475 e. The summed E-state index contributed by atoms with van der Waals surface area (Å²) < 4.78 is 50.1. The fourth-order valence-corrected chi connectivity index (χ4v) is 3.29. The molecule has 0 radical (unpaired) electrons. The predicted molar refractivity (Wildman–Crippen MR) is 95.9 cm³/mol. The van der Waals surface area contributed by atoms with Gasteiger partial charge < -0.3 is 14.3 Å². The highest BCUT2D eigenvalue weighted by Gasteiger charge is 2.49. The summed E-state index contributed by atoms with van der Waals surface area (Å²) in [6, 6.07) is 2.86. The summed E-state index contributed by atoms with van der Waals surface area (Å²) in [7, 11) is 0. The van der Waals surface area contributed by atoms with Crippen molar-refractivity contribution >= 4 is 35.4 Å². The van der Waals surface area contributed by atoms with Crippen molar-refractivity contribution in [2.45, 2.75) is 19.2 Å². The maximum Gasteiger partial charge on any atom is 0.430 e. The number of halogens is 4. The lowest BCUT2D eigenvalue weighted by atomic mass is 9.99. The SMILES string of the molecule is Cc1cc(Cl)cc2c1OC(C(F)(F)F)C(C(=O)OCCSCCO[N+](=O)[O-])=C2. The van der Waals surface area contributed by atoms with Gasteiger partial charge in [0.2, 0.25) is 6.10 Å². The molecule has 28 heavy (non-hydrogen) atoms. The van der Waals surface area contributed by atoms with Gasteiger partial charge in [0.1, 0.15) is 19.0 Å². The Kier molecular flexibility index (Phi) is 7.41. The third kappa shape index (κ3) is 5.93. The van der Waals surface area contributed by atoms with E-state index in [1.54, 1.807) is 6.92 Å². The van der Waals surface area contributed by atoms with Crippen molar-refractivity contribution in [3.05, 3.63) is 44.0 Å². The van der Waals surface area contributed by atoms with Gasteiger partial charge in [0.25, 0.3) is 5.09 Å². The Morgan fingerprint density at radius 1 is 1.36 bits per heavy atom. The molecule has 0 saturated carbocycles. The zero-order valence-corrected chi connectivity index (χ0v) is 16.0. The summed E-state index contributed by atoms with van der Waals surface area (Å²) in [6.45, 7) is 1.23. The van der Waals surface area contributed by atoms with Crippen molar-refractivity contribution in [2.75, 3.05) is 24.7 Å². The summed E-state index contributed by atoms with van der Waals surface area (Å²) in [5.74, 6) is -0.655. The van der Waals surface area contributed by atoms with E-state index in [2.05, 4.69) is 4.84 Å². The van der Waals surface area contributed by atoms with Crippen LogP contribution in [0.1, 0.15) is 11.1 Å². The number of rotatable bonds is 8. The average molecular weight is 442 g/mol. The Hall–Kier alpha value is -2.14. The van der Waals surface area contributed by atoms with Crippen LogP contribution in [-0.4, -0.2) is 48.1 Å². The number of hydrogen-bond acceptors (Lipinski definition) is 7. The zero-order chi connectivity index (χ0) is 20.9. The summed E-state index contributed by atoms with van der Waals surface area (Å²) in [5.41, 5.74) is -0.0131. The lowest BCUT2D eigenvalue weighted by Gasteiger charge is -2.29. The maximum atomic E-state index is 13.4. The molecule has 0 spiro atoms. The van der Waals surface area contributed by atoms with Gasteiger partial charge in [-0.1, -0.05) is 11.6 Å². The van der Waals surface area contributed by atoms with Crippen molar-refractivity contribution in [3.8, 4) is 5.75 Å². The van der Waals surface area contributed by atoms with Crippen LogP contribution in [-0.2, 0) is 14.4 Å². The van der Waals surface area contributed by atoms with Crippen LogP contribution >= 0.6 is 23.4 Å². The van der Waals surface area contributed by atoms with Gasteiger partial charge in [-0.2, -0.15) is 24.9 Å². The third-order valence-corrected chi connectivity index (χ3v) is 4.64. The van der Waals surface area contributed by atoms with Gasteiger partial charge in [-0.15, -0.1) is 10.1 Å². The van der Waals surface area contributed by atoms with E-state index in [0.29, 0.717) is 10.6 Å². The second-order valence-electron chi connectivity index (χ2n) is 5.59. The molecule has 0 N–H and O–H groups in total. The number of hydrogen-bond donors (Lipinski definition) is 0. The van der Waals surface area contributed by atoms with E-state index in [0.717, 1.165) is 6.08 Å². The molecule has 1 atom stereocenters. The molecule has 0 aliphatic carbocycles. The Balaban J connectivity index is 2.04. The summed E-state index contributed by atoms with van der Waals surface area (Å²) in [6.07, 6.45) is -6.20. The Morgan fingerprint density at radius 3 is 2.68 bits per heavy atom. The molecular formula is C16H15ClF3NO6S. The number of thioether (sulfide) groups is 1. The van der Waals surface area contributed by atoms with E-state index in [9.17, 15) is 28.1 Å². The molecule has 12 heteroatoms. The molecular weight excluding hydrogens is 427 g/mol. The molecule has 0 saturated heterocycles. The molecule has 0 amide bonds. The Labute approximate surface area is 166 Å². The first-order chi connectivity index (χ1) is 13.1. The lowest BCUT2D eigenvalue weighted by Crippen LogP contribution is -2.41. The molecule has 0 aromatic heterocycles. The Bertz CT molecular complexity index is 786. The highest BCUT2D eigenvalue weighted by Crippen LogP contribution is 2.40. The van der Waals surface area contributed by atoms with Crippen molar-refractivity contribution in [2.24, 2.45) is 0 Å². The van der Waals surface area contributed by atoms with Crippen LogP contribution in [0, 0.1) is 17.0 Å². The first-order valence-corrected chi connectivity index (χ1v) is 9.40. The summed E-state index contributed by atoms with van der Waals surface area (Å²) in [4.78, 5) is 26.3. The average Bonchev–Trinajstić information content (AvgIpc) is 2.58. The highest BCUT2D eigenvalue weighted by atomic mass is 35.5. The Morgan fingerprint density at radius 2 is 2.04 bits per heavy atom. The van der Waals surface area contributed by atoms with Gasteiger partial charge in [-0.25, -0.2) is 4.79 Å². The van der Waals surface area contributed by atoms with Crippen molar-refractivity contribution in [1.29, 1.82) is 0 Å². The van der Waals surface area contributed by atoms with E-state index >= 15 is 0 Å². The molecule has 154 valence electrons. The zero-order valence-electron chi connectivity index (χ0n) is 14.5. The molecule has 1 aliphatic rings. The fraction of sp³-hybridized carbons (Fsp3) is 0.438. The molecule has 2 rings (SSSR count).